The number of nitrogens with one attached hydrogen (secondary N) is 2. The van der Waals surface area contributed by atoms with Gasteiger partial charge in [-0.1, -0.05) is 47.5 Å². The number of hydrogen-bond donors (Lipinski definition) is 2. The summed E-state index contributed by atoms with van der Waals surface area (Å²) in [4.78, 5) is 23.6. The number of carbonyl (C=O) groups excluding carboxylic acids is 2. The van der Waals surface area contributed by atoms with Gasteiger partial charge in [0.15, 0.2) is 0 Å². The number of halogens is 1. The van der Waals surface area contributed by atoms with Crippen LogP contribution in [0.5, 0.6) is 0 Å². The molecule has 4 nitrogen and oxygen atoms in total. The second kappa shape index (κ2) is 7.61. The quantitative estimate of drug-likeness (QED) is 0.832. The summed E-state index contributed by atoms with van der Waals surface area (Å²) >= 11 is 5.83. The van der Waals surface area contributed by atoms with Crippen molar-refractivity contribution in [2.24, 2.45) is 0 Å². The Morgan fingerprint density at radius 2 is 1.82 bits per heavy atom. The van der Waals surface area contributed by atoms with Gasteiger partial charge in [0, 0.05) is 17.3 Å². The smallest absolute Gasteiger partial charge is 0.233 e. The third kappa shape index (κ3) is 5.22. The number of amides is 2. The summed E-state index contributed by atoms with van der Waals surface area (Å²) in [6.45, 7) is 2.40. The molecule has 2 aromatic rings. The fraction of sp³-hybridized carbons (Fsp3) is 0.176. The van der Waals surface area contributed by atoms with E-state index in [0.717, 1.165) is 11.1 Å². The lowest BCUT2D eigenvalue weighted by molar-refractivity contribution is -0.126. The van der Waals surface area contributed by atoms with E-state index < -0.39 is 0 Å². The van der Waals surface area contributed by atoms with Crippen LogP contribution in [0.3, 0.4) is 0 Å². The van der Waals surface area contributed by atoms with Crippen molar-refractivity contribution >= 4 is 29.1 Å². The molecule has 22 heavy (non-hydrogen) atoms. The van der Waals surface area contributed by atoms with Gasteiger partial charge in [-0.05, 0) is 30.7 Å². The molecule has 0 saturated heterocycles. The standard InChI is InChI=1S/C17H17ClN2O2/c1-12-4-2-5-13(8-12)11-19-16(21)10-17(22)20-15-7-3-6-14(18)9-15/h2-9H,10-11H2,1H3,(H,19,21)(H,20,22). The maximum absolute atomic E-state index is 11.8. The normalized spacial score (nSPS) is 10.1. The number of hydrogen-bond acceptors (Lipinski definition) is 2. The Morgan fingerprint density at radius 3 is 2.55 bits per heavy atom. The van der Waals surface area contributed by atoms with Crippen molar-refractivity contribution in [1.82, 2.24) is 5.32 Å². The zero-order valence-electron chi connectivity index (χ0n) is 12.2. The summed E-state index contributed by atoms with van der Waals surface area (Å²) in [5, 5.41) is 5.89. The van der Waals surface area contributed by atoms with E-state index in [2.05, 4.69) is 10.6 Å². The summed E-state index contributed by atoms with van der Waals surface area (Å²) in [5.74, 6) is -0.690. The Hall–Kier alpha value is -2.33. The number of anilines is 1. The van der Waals surface area contributed by atoms with Crippen molar-refractivity contribution < 1.29 is 9.59 Å². The summed E-state index contributed by atoms with van der Waals surface area (Å²) in [6, 6.07) is 14.6. The Labute approximate surface area is 134 Å². The molecule has 0 atom stereocenters. The first-order chi connectivity index (χ1) is 10.5. The van der Waals surface area contributed by atoms with Crippen molar-refractivity contribution in [2.45, 2.75) is 19.9 Å². The van der Waals surface area contributed by atoms with Crippen molar-refractivity contribution in [3.8, 4) is 0 Å². The maximum Gasteiger partial charge on any atom is 0.233 e. The summed E-state index contributed by atoms with van der Waals surface area (Å²) in [5.41, 5.74) is 2.71. The van der Waals surface area contributed by atoms with Crippen molar-refractivity contribution in [3.05, 3.63) is 64.7 Å². The molecule has 0 spiro atoms. The van der Waals surface area contributed by atoms with Gasteiger partial charge in [-0.2, -0.15) is 0 Å². The van der Waals surface area contributed by atoms with Crippen LogP contribution in [0.4, 0.5) is 5.69 Å². The molecule has 5 heteroatoms. The molecule has 2 N–H and O–H groups in total. The van der Waals surface area contributed by atoms with Gasteiger partial charge in [-0.15, -0.1) is 0 Å². The fourth-order valence-electron chi connectivity index (χ4n) is 2.00. The SMILES string of the molecule is Cc1cccc(CNC(=O)CC(=O)Nc2cccc(Cl)c2)c1. The van der Waals surface area contributed by atoms with Gasteiger partial charge in [0.2, 0.25) is 11.8 Å². The fourth-order valence-corrected chi connectivity index (χ4v) is 2.19. The monoisotopic (exact) mass is 316 g/mol. The van der Waals surface area contributed by atoms with Gasteiger partial charge in [0.25, 0.3) is 0 Å². The number of benzene rings is 2. The van der Waals surface area contributed by atoms with Gasteiger partial charge < -0.3 is 10.6 Å². The molecule has 2 aromatic carbocycles. The summed E-state index contributed by atoms with van der Waals surface area (Å²) < 4.78 is 0. The van der Waals surface area contributed by atoms with Crippen molar-refractivity contribution in [3.63, 3.8) is 0 Å². The molecule has 0 aliphatic heterocycles. The van der Waals surface area contributed by atoms with E-state index in [0.29, 0.717) is 17.3 Å². The predicted octanol–water partition coefficient (Wildman–Crippen LogP) is 3.29. The molecule has 0 aliphatic rings. The van der Waals surface area contributed by atoms with Crippen LogP contribution in [0.25, 0.3) is 0 Å². The molecular formula is C17H17ClN2O2. The van der Waals surface area contributed by atoms with E-state index in [4.69, 9.17) is 11.6 Å². The van der Waals surface area contributed by atoms with Crippen molar-refractivity contribution in [2.75, 3.05) is 5.32 Å². The minimum absolute atomic E-state index is 0.224. The van der Waals surface area contributed by atoms with E-state index in [-0.39, 0.29) is 18.2 Å². The lowest BCUT2D eigenvalue weighted by Crippen LogP contribution is -2.27. The first-order valence-electron chi connectivity index (χ1n) is 6.90. The molecular weight excluding hydrogens is 300 g/mol. The van der Waals surface area contributed by atoms with Crippen LogP contribution < -0.4 is 10.6 Å². The molecule has 2 amide bonds. The third-order valence-electron chi connectivity index (χ3n) is 3.00. The molecule has 0 heterocycles. The third-order valence-corrected chi connectivity index (χ3v) is 3.24. The Kier molecular flexibility index (Phi) is 5.55. The lowest BCUT2D eigenvalue weighted by Gasteiger charge is -2.07. The Morgan fingerprint density at radius 1 is 1.05 bits per heavy atom. The number of rotatable bonds is 5. The largest absolute Gasteiger partial charge is 0.352 e. The van der Waals surface area contributed by atoms with Gasteiger partial charge >= 0.3 is 0 Å². The van der Waals surface area contributed by atoms with Gasteiger partial charge in [0.05, 0.1) is 0 Å². The van der Waals surface area contributed by atoms with Crippen LogP contribution in [0.15, 0.2) is 48.5 Å². The second-order valence-electron chi connectivity index (χ2n) is 5.00. The van der Waals surface area contributed by atoms with Gasteiger partial charge in [0.1, 0.15) is 6.42 Å². The molecule has 0 unspecified atom stereocenters. The predicted molar refractivity (Wildman–Crippen MR) is 87.7 cm³/mol. The molecule has 114 valence electrons. The first kappa shape index (κ1) is 16.0. The maximum atomic E-state index is 11.8. The number of carbonyl (C=O) groups is 2. The van der Waals surface area contributed by atoms with Crippen LogP contribution in [0.2, 0.25) is 5.02 Å². The minimum Gasteiger partial charge on any atom is -0.352 e. The molecule has 0 aliphatic carbocycles. The molecule has 0 radical (unpaired) electrons. The Balaban J connectivity index is 1.80. The summed E-state index contributed by atoms with van der Waals surface area (Å²) in [7, 11) is 0. The topological polar surface area (TPSA) is 58.2 Å². The lowest BCUT2D eigenvalue weighted by atomic mass is 10.1. The van der Waals surface area contributed by atoms with E-state index in [1.165, 1.54) is 0 Å². The molecule has 2 rings (SSSR count). The number of aryl methyl sites for hydroxylation is 1. The van der Waals surface area contributed by atoms with E-state index >= 15 is 0 Å². The van der Waals surface area contributed by atoms with Crippen LogP contribution in [-0.2, 0) is 16.1 Å². The van der Waals surface area contributed by atoms with E-state index in [9.17, 15) is 9.59 Å². The minimum atomic E-state index is -0.371. The van der Waals surface area contributed by atoms with Crippen LogP contribution in [-0.4, -0.2) is 11.8 Å². The van der Waals surface area contributed by atoms with E-state index in [1.807, 2.05) is 31.2 Å². The highest BCUT2D eigenvalue weighted by atomic mass is 35.5. The molecule has 0 aromatic heterocycles. The first-order valence-corrected chi connectivity index (χ1v) is 7.28. The average molecular weight is 317 g/mol. The molecule has 0 fully saturated rings. The highest BCUT2D eigenvalue weighted by molar-refractivity contribution is 6.30. The zero-order chi connectivity index (χ0) is 15.9. The highest BCUT2D eigenvalue weighted by Crippen LogP contribution is 2.14. The van der Waals surface area contributed by atoms with Gasteiger partial charge in [-0.3, -0.25) is 9.59 Å². The Bertz CT molecular complexity index is 686. The average Bonchev–Trinajstić information content (AvgIpc) is 2.45. The van der Waals surface area contributed by atoms with Crippen LogP contribution in [0, 0.1) is 6.92 Å². The van der Waals surface area contributed by atoms with Gasteiger partial charge in [-0.25, -0.2) is 0 Å². The second-order valence-corrected chi connectivity index (χ2v) is 5.44. The van der Waals surface area contributed by atoms with E-state index in [1.54, 1.807) is 24.3 Å². The van der Waals surface area contributed by atoms with Crippen molar-refractivity contribution in [1.29, 1.82) is 0 Å². The molecule has 0 saturated carbocycles. The van der Waals surface area contributed by atoms with Crippen LogP contribution >= 0.6 is 11.6 Å². The van der Waals surface area contributed by atoms with Crippen LogP contribution in [0.1, 0.15) is 17.5 Å². The molecule has 0 bridgehead atoms. The zero-order valence-corrected chi connectivity index (χ0v) is 13.0. The highest BCUT2D eigenvalue weighted by Gasteiger charge is 2.09. The summed E-state index contributed by atoms with van der Waals surface area (Å²) in [6.07, 6.45) is -0.224.